The molecule has 0 heteroatoms. The van der Waals surface area contributed by atoms with E-state index in [1.54, 1.807) is 0 Å². The first-order chi connectivity index (χ1) is 8.25. The Balaban J connectivity index is 0. The molecule has 0 heterocycles. The van der Waals surface area contributed by atoms with E-state index in [0.717, 1.165) is 0 Å². The molecule has 0 radical (unpaired) electrons. The molecule has 0 amide bonds. The summed E-state index contributed by atoms with van der Waals surface area (Å²) in [6.07, 6.45) is 6.26. The minimum absolute atomic E-state index is 1.32. The summed E-state index contributed by atoms with van der Waals surface area (Å²) in [5.74, 6) is 0. The van der Waals surface area contributed by atoms with Gasteiger partial charge in [-0.15, -0.1) is 13.2 Å². The molecule has 0 N–H and O–H groups in total. The van der Waals surface area contributed by atoms with E-state index in [0.29, 0.717) is 0 Å². The molecular weight excluding hydrogens is 204 g/mol. The molecule has 0 unspecified atom stereocenters. The predicted molar refractivity (Wildman–Crippen MR) is 82.2 cm³/mol. The summed E-state index contributed by atoms with van der Waals surface area (Å²) in [5.41, 5.74) is 3.98. The molecule has 0 bridgehead atoms. The maximum atomic E-state index is 3.00. The summed E-state index contributed by atoms with van der Waals surface area (Å²) in [7, 11) is 0. The first-order valence-electron chi connectivity index (χ1n) is 6.11. The summed E-state index contributed by atoms with van der Waals surface area (Å²) >= 11 is 0. The quantitative estimate of drug-likeness (QED) is 0.444. The van der Waals surface area contributed by atoms with E-state index in [2.05, 4.69) is 63.4 Å². The lowest BCUT2D eigenvalue weighted by Gasteiger charge is -2.04. The Morgan fingerprint density at radius 2 is 1.65 bits per heavy atom. The van der Waals surface area contributed by atoms with Gasteiger partial charge in [0.2, 0.25) is 0 Å². The summed E-state index contributed by atoms with van der Waals surface area (Å²) in [6.45, 7) is 16.3. The van der Waals surface area contributed by atoms with Crippen LogP contribution in [-0.2, 0) is 0 Å². The average Bonchev–Trinajstić information content (AvgIpc) is 2.41. The lowest BCUT2D eigenvalue weighted by atomic mass is 10.0. The molecule has 0 saturated heterocycles. The van der Waals surface area contributed by atoms with Gasteiger partial charge in [0.15, 0.2) is 0 Å². The second-order valence-electron chi connectivity index (χ2n) is 3.19. The van der Waals surface area contributed by atoms with Gasteiger partial charge in [-0.1, -0.05) is 56.3 Å². The van der Waals surface area contributed by atoms with Crippen LogP contribution in [0.1, 0.15) is 38.8 Å². The van der Waals surface area contributed by atoms with Crippen LogP contribution in [-0.4, -0.2) is 0 Å². The van der Waals surface area contributed by atoms with Gasteiger partial charge in [0, 0.05) is 0 Å². The maximum Gasteiger partial charge on any atom is -0.0198 e. The van der Waals surface area contributed by atoms with E-state index in [-0.39, 0.29) is 0 Å². The third-order valence-electron chi connectivity index (χ3n) is 2.11. The largest absolute Gasteiger partial charge is 0.106 e. The third-order valence-corrected chi connectivity index (χ3v) is 2.11. The standard InChI is InChI=1S/C13H16.C2H6.C2H4/c1-4-5-8-11(2)13-10-7-6-9-12(13)3;2*1-2/h4-10H,1-3H3;1-2H3;1-2H2/b5-4-,11-8-;;. The lowest BCUT2D eigenvalue weighted by Crippen LogP contribution is -1.83. The molecule has 0 aromatic heterocycles. The van der Waals surface area contributed by atoms with Gasteiger partial charge in [-0.05, 0) is 37.5 Å². The van der Waals surface area contributed by atoms with Crippen molar-refractivity contribution in [3.63, 3.8) is 0 Å². The van der Waals surface area contributed by atoms with Crippen molar-refractivity contribution in [2.75, 3.05) is 0 Å². The monoisotopic (exact) mass is 230 g/mol. The first kappa shape index (κ1) is 17.8. The van der Waals surface area contributed by atoms with Crippen LogP contribution >= 0.6 is 0 Å². The van der Waals surface area contributed by atoms with Gasteiger partial charge in [0.25, 0.3) is 0 Å². The SMILES string of the molecule is C/C=C\C=C(\C)c1ccccc1C.C=C.CC. The minimum Gasteiger partial charge on any atom is -0.106 e. The lowest BCUT2D eigenvalue weighted by molar-refractivity contribution is 1.41. The topological polar surface area (TPSA) is 0 Å². The number of aryl methyl sites for hydroxylation is 1. The molecule has 0 aliphatic carbocycles. The zero-order chi connectivity index (χ0) is 13.7. The zero-order valence-electron chi connectivity index (χ0n) is 12.0. The van der Waals surface area contributed by atoms with Crippen molar-refractivity contribution < 1.29 is 0 Å². The second-order valence-corrected chi connectivity index (χ2v) is 3.19. The number of allylic oxidation sites excluding steroid dienone is 4. The normalized spacial score (nSPS) is 10.1. The highest BCUT2D eigenvalue weighted by Gasteiger charge is 1.96. The third kappa shape index (κ3) is 7.35. The molecule has 1 aromatic rings. The minimum atomic E-state index is 1.32. The number of hydrogen-bond acceptors (Lipinski definition) is 0. The van der Waals surface area contributed by atoms with E-state index >= 15 is 0 Å². The summed E-state index contributed by atoms with van der Waals surface area (Å²) in [6, 6.07) is 8.45. The molecule has 17 heavy (non-hydrogen) atoms. The van der Waals surface area contributed by atoms with Gasteiger partial charge in [0.05, 0.1) is 0 Å². The van der Waals surface area contributed by atoms with Crippen molar-refractivity contribution in [1.29, 1.82) is 0 Å². The van der Waals surface area contributed by atoms with Crippen molar-refractivity contribution >= 4 is 5.57 Å². The molecule has 0 atom stereocenters. The van der Waals surface area contributed by atoms with Crippen LogP contribution in [0.15, 0.2) is 55.7 Å². The number of benzene rings is 1. The zero-order valence-corrected chi connectivity index (χ0v) is 12.0. The first-order valence-corrected chi connectivity index (χ1v) is 6.11. The fraction of sp³-hybridized carbons (Fsp3) is 0.294. The van der Waals surface area contributed by atoms with Crippen LogP contribution in [0.3, 0.4) is 0 Å². The molecule has 1 aromatic carbocycles. The van der Waals surface area contributed by atoms with E-state index in [1.807, 2.05) is 26.8 Å². The molecule has 0 aliphatic rings. The van der Waals surface area contributed by atoms with Crippen molar-refractivity contribution in [3.05, 3.63) is 66.8 Å². The highest BCUT2D eigenvalue weighted by Crippen LogP contribution is 2.17. The fourth-order valence-corrected chi connectivity index (χ4v) is 1.35. The Hall–Kier alpha value is -1.56. The molecular formula is C17H26. The van der Waals surface area contributed by atoms with Crippen molar-refractivity contribution in [1.82, 2.24) is 0 Å². The van der Waals surface area contributed by atoms with E-state index in [1.165, 1.54) is 16.7 Å². The van der Waals surface area contributed by atoms with Gasteiger partial charge in [-0.3, -0.25) is 0 Å². The van der Waals surface area contributed by atoms with Crippen molar-refractivity contribution in [2.24, 2.45) is 0 Å². The van der Waals surface area contributed by atoms with E-state index in [4.69, 9.17) is 0 Å². The van der Waals surface area contributed by atoms with Gasteiger partial charge in [-0.25, -0.2) is 0 Å². The summed E-state index contributed by atoms with van der Waals surface area (Å²) < 4.78 is 0. The molecule has 0 saturated carbocycles. The second kappa shape index (κ2) is 12.5. The van der Waals surface area contributed by atoms with Crippen molar-refractivity contribution in [3.8, 4) is 0 Å². The van der Waals surface area contributed by atoms with Crippen LogP contribution in [0.5, 0.6) is 0 Å². The van der Waals surface area contributed by atoms with Crippen molar-refractivity contribution in [2.45, 2.75) is 34.6 Å². The van der Waals surface area contributed by atoms with Crippen LogP contribution in [0.4, 0.5) is 0 Å². The Bertz CT molecular complexity index is 343. The Morgan fingerprint density at radius 3 is 2.12 bits per heavy atom. The van der Waals surface area contributed by atoms with Gasteiger partial charge in [-0.2, -0.15) is 0 Å². The Kier molecular flexibility index (Phi) is 13.1. The predicted octanol–water partition coefficient (Wildman–Crippen LogP) is 5.80. The summed E-state index contributed by atoms with van der Waals surface area (Å²) in [5, 5.41) is 0. The Labute approximate surface area is 107 Å². The Morgan fingerprint density at radius 1 is 1.12 bits per heavy atom. The number of rotatable bonds is 2. The highest BCUT2D eigenvalue weighted by molar-refractivity contribution is 5.67. The maximum absolute atomic E-state index is 3.00. The molecule has 0 aliphatic heterocycles. The molecule has 1 rings (SSSR count). The molecule has 0 spiro atoms. The average molecular weight is 230 g/mol. The van der Waals surface area contributed by atoms with E-state index in [9.17, 15) is 0 Å². The molecule has 94 valence electrons. The van der Waals surface area contributed by atoms with Crippen LogP contribution in [0.25, 0.3) is 5.57 Å². The van der Waals surface area contributed by atoms with Gasteiger partial charge in [0.1, 0.15) is 0 Å². The van der Waals surface area contributed by atoms with Crippen LogP contribution in [0, 0.1) is 6.92 Å². The van der Waals surface area contributed by atoms with Crippen LogP contribution < -0.4 is 0 Å². The number of hydrogen-bond donors (Lipinski definition) is 0. The van der Waals surface area contributed by atoms with E-state index < -0.39 is 0 Å². The molecule has 0 fully saturated rings. The van der Waals surface area contributed by atoms with Gasteiger partial charge < -0.3 is 0 Å². The van der Waals surface area contributed by atoms with Gasteiger partial charge >= 0.3 is 0 Å². The van der Waals surface area contributed by atoms with Crippen LogP contribution in [0.2, 0.25) is 0 Å². The fourth-order valence-electron chi connectivity index (χ4n) is 1.35. The highest BCUT2D eigenvalue weighted by atomic mass is 14.0. The molecule has 0 nitrogen and oxygen atoms in total. The summed E-state index contributed by atoms with van der Waals surface area (Å²) in [4.78, 5) is 0. The smallest absolute Gasteiger partial charge is 0.0198 e.